The Kier molecular flexibility index (Phi) is 2.73. The van der Waals surface area contributed by atoms with E-state index in [4.69, 9.17) is 0 Å². The predicted molar refractivity (Wildman–Crippen MR) is 64.2 cm³/mol. The Hall–Kier alpha value is -0.630. The van der Waals surface area contributed by atoms with Crippen LogP contribution in [-0.4, -0.2) is 11.8 Å². The fourth-order valence-electron chi connectivity index (χ4n) is 1.65. The SMILES string of the molecule is Cc1ccc2c(c1)SCC(C(C)C)N2. The van der Waals surface area contributed by atoms with E-state index in [-0.39, 0.29) is 0 Å². The third kappa shape index (κ3) is 1.90. The van der Waals surface area contributed by atoms with Crippen molar-refractivity contribution in [3.8, 4) is 0 Å². The molecule has 0 bridgehead atoms. The summed E-state index contributed by atoms with van der Waals surface area (Å²) in [5, 5.41) is 3.60. The van der Waals surface area contributed by atoms with Gasteiger partial charge in [-0.3, -0.25) is 0 Å². The number of rotatable bonds is 1. The van der Waals surface area contributed by atoms with Gasteiger partial charge in [0.15, 0.2) is 0 Å². The molecule has 0 amide bonds. The van der Waals surface area contributed by atoms with Crippen molar-refractivity contribution in [1.29, 1.82) is 0 Å². The van der Waals surface area contributed by atoms with Crippen LogP contribution in [0.2, 0.25) is 0 Å². The van der Waals surface area contributed by atoms with Gasteiger partial charge in [-0.05, 0) is 30.5 Å². The van der Waals surface area contributed by atoms with E-state index in [0.717, 1.165) is 0 Å². The van der Waals surface area contributed by atoms with Gasteiger partial charge in [0.05, 0.1) is 0 Å². The van der Waals surface area contributed by atoms with Gasteiger partial charge >= 0.3 is 0 Å². The minimum Gasteiger partial charge on any atom is -0.380 e. The highest BCUT2D eigenvalue weighted by molar-refractivity contribution is 7.99. The van der Waals surface area contributed by atoms with E-state index in [1.165, 1.54) is 21.9 Å². The topological polar surface area (TPSA) is 12.0 Å². The molecule has 1 aliphatic heterocycles. The minimum absolute atomic E-state index is 0.621. The third-order valence-electron chi connectivity index (χ3n) is 2.70. The number of benzene rings is 1. The van der Waals surface area contributed by atoms with Gasteiger partial charge in [-0.2, -0.15) is 0 Å². The molecular weight excluding hydrogens is 190 g/mol. The van der Waals surface area contributed by atoms with Crippen molar-refractivity contribution in [2.75, 3.05) is 11.1 Å². The van der Waals surface area contributed by atoms with Gasteiger partial charge in [0.2, 0.25) is 0 Å². The van der Waals surface area contributed by atoms with Crippen LogP contribution < -0.4 is 5.32 Å². The van der Waals surface area contributed by atoms with Gasteiger partial charge < -0.3 is 5.32 Å². The Bertz CT molecular complexity index is 333. The number of hydrogen-bond donors (Lipinski definition) is 1. The fourth-order valence-corrected chi connectivity index (χ4v) is 3.03. The van der Waals surface area contributed by atoms with Gasteiger partial charge in [0.25, 0.3) is 0 Å². The van der Waals surface area contributed by atoms with Crippen LogP contribution in [0.5, 0.6) is 0 Å². The second-order valence-electron chi connectivity index (χ2n) is 4.31. The molecule has 14 heavy (non-hydrogen) atoms. The molecular formula is C12H17NS. The monoisotopic (exact) mass is 207 g/mol. The Morgan fingerprint density at radius 3 is 2.93 bits per heavy atom. The van der Waals surface area contributed by atoms with Crippen LogP contribution in [-0.2, 0) is 0 Å². The molecule has 1 N–H and O–H groups in total. The number of nitrogens with one attached hydrogen (secondary N) is 1. The lowest BCUT2D eigenvalue weighted by atomic mass is 10.1. The van der Waals surface area contributed by atoms with Crippen molar-refractivity contribution < 1.29 is 0 Å². The first-order valence-electron chi connectivity index (χ1n) is 5.17. The zero-order chi connectivity index (χ0) is 10.1. The summed E-state index contributed by atoms with van der Waals surface area (Å²) in [7, 11) is 0. The summed E-state index contributed by atoms with van der Waals surface area (Å²) in [5.41, 5.74) is 2.66. The average Bonchev–Trinajstić information content (AvgIpc) is 2.16. The van der Waals surface area contributed by atoms with Crippen LogP contribution in [0.4, 0.5) is 5.69 Å². The van der Waals surface area contributed by atoms with Crippen LogP contribution in [0, 0.1) is 12.8 Å². The normalized spacial score (nSPS) is 20.4. The maximum absolute atomic E-state index is 3.60. The van der Waals surface area contributed by atoms with Gasteiger partial charge in [0, 0.05) is 22.4 Å². The molecule has 1 aromatic rings. The predicted octanol–water partition coefficient (Wildman–Crippen LogP) is 3.54. The molecule has 0 saturated carbocycles. The van der Waals surface area contributed by atoms with E-state index in [1.807, 2.05) is 11.8 Å². The van der Waals surface area contributed by atoms with Gasteiger partial charge in [-0.1, -0.05) is 19.9 Å². The van der Waals surface area contributed by atoms with E-state index in [9.17, 15) is 0 Å². The molecule has 1 aliphatic rings. The molecule has 1 nitrogen and oxygen atoms in total. The minimum atomic E-state index is 0.621. The van der Waals surface area contributed by atoms with Gasteiger partial charge in [0.1, 0.15) is 0 Å². The second kappa shape index (κ2) is 3.85. The molecule has 0 saturated heterocycles. The molecule has 0 spiro atoms. The molecule has 2 heteroatoms. The maximum atomic E-state index is 3.60. The number of anilines is 1. The van der Waals surface area contributed by atoms with Crippen LogP contribution in [0.15, 0.2) is 23.1 Å². The molecule has 1 aromatic carbocycles. The van der Waals surface area contributed by atoms with Crippen LogP contribution in [0.25, 0.3) is 0 Å². The third-order valence-corrected chi connectivity index (χ3v) is 3.88. The van der Waals surface area contributed by atoms with Crippen molar-refractivity contribution in [2.45, 2.75) is 31.7 Å². The number of fused-ring (bicyclic) bond motifs is 1. The van der Waals surface area contributed by atoms with Crippen molar-refractivity contribution >= 4 is 17.4 Å². The highest BCUT2D eigenvalue weighted by atomic mass is 32.2. The lowest BCUT2D eigenvalue weighted by molar-refractivity contribution is 0.562. The smallest absolute Gasteiger partial charge is 0.0481 e. The zero-order valence-electron chi connectivity index (χ0n) is 9.00. The van der Waals surface area contributed by atoms with E-state index in [0.29, 0.717) is 12.0 Å². The standard InChI is InChI=1S/C12H17NS/c1-8(2)11-7-14-12-6-9(3)4-5-10(12)13-11/h4-6,8,11,13H,7H2,1-3H3. The summed E-state index contributed by atoms with van der Waals surface area (Å²) in [6, 6.07) is 7.26. The number of thioether (sulfide) groups is 1. The average molecular weight is 207 g/mol. The van der Waals surface area contributed by atoms with Gasteiger partial charge in [-0.25, -0.2) is 0 Å². The van der Waals surface area contributed by atoms with Gasteiger partial charge in [-0.15, -0.1) is 11.8 Å². The second-order valence-corrected chi connectivity index (χ2v) is 5.37. The van der Waals surface area contributed by atoms with E-state index >= 15 is 0 Å². The van der Waals surface area contributed by atoms with Crippen molar-refractivity contribution in [1.82, 2.24) is 0 Å². The van der Waals surface area contributed by atoms with Crippen molar-refractivity contribution in [3.63, 3.8) is 0 Å². The maximum Gasteiger partial charge on any atom is 0.0481 e. The molecule has 1 heterocycles. The first-order valence-corrected chi connectivity index (χ1v) is 6.15. The van der Waals surface area contributed by atoms with E-state index in [2.05, 4.69) is 44.3 Å². The molecule has 1 atom stereocenters. The molecule has 0 fully saturated rings. The first kappa shape index (κ1) is 9.91. The first-order chi connectivity index (χ1) is 6.66. The lowest BCUT2D eigenvalue weighted by Crippen LogP contribution is -2.30. The van der Waals surface area contributed by atoms with Crippen molar-refractivity contribution in [3.05, 3.63) is 23.8 Å². The number of aryl methyl sites for hydroxylation is 1. The Morgan fingerprint density at radius 1 is 1.43 bits per heavy atom. The van der Waals surface area contributed by atoms with E-state index in [1.54, 1.807) is 0 Å². The molecule has 0 aromatic heterocycles. The molecule has 0 aliphatic carbocycles. The van der Waals surface area contributed by atoms with Crippen molar-refractivity contribution in [2.24, 2.45) is 5.92 Å². The summed E-state index contributed by atoms with van der Waals surface area (Å²) in [5.74, 6) is 1.89. The van der Waals surface area contributed by atoms with Crippen LogP contribution >= 0.6 is 11.8 Å². The molecule has 2 rings (SSSR count). The summed E-state index contributed by atoms with van der Waals surface area (Å²) in [6.07, 6.45) is 0. The highest BCUT2D eigenvalue weighted by Crippen LogP contribution is 2.35. The summed E-state index contributed by atoms with van der Waals surface area (Å²) < 4.78 is 0. The molecule has 0 radical (unpaired) electrons. The van der Waals surface area contributed by atoms with E-state index < -0.39 is 0 Å². The summed E-state index contributed by atoms with van der Waals surface area (Å²) in [4.78, 5) is 1.40. The summed E-state index contributed by atoms with van der Waals surface area (Å²) in [6.45, 7) is 6.70. The zero-order valence-corrected chi connectivity index (χ0v) is 9.82. The molecule has 1 unspecified atom stereocenters. The number of hydrogen-bond acceptors (Lipinski definition) is 2. The Labute approximate surface area is 90.3 Å². The largest absolute Gasteiger partial charge is 0.380 e. The quantitative estimate of drug-likeness (QED) is 0.756. The molecule has 76 valence electrons. The fraction of sp³-hybridized carbons (Fsp3) is 0.500. The Balaban J connectivity index is 2.23. The highest BCUT2D eigenvalue weighted by Gasteiger charge is 2.20. The van der Waals surface area contributed by atoms with Crippen LogP contribution in [0.1, 0.15) is 19.4 Å². The van der Waals surface area contributed by atoms with Crippen LogP contribution in [0.3, 0.4) is 0 Å². The Morgan fingerprint density at radius 2 is 2.21 bits per heavy atom. The summed E-state index contributed by atoms with van der Waals surface area (Å²) >= 11 is 1.98. The lowest BCUT2D eigenvalue weighted by Gasteiger charge is -2.29.